The van der Waals surface area contributed by atoms with Crippen LogP contribution in [0.15, 0.2) is 0 Å². The topological polar surface area (TPSA) is 38.7 Å². The minimum absolute atomic E-state index is 0.0792. The number of likely N-dealkylation sites (N-methyl/N-ethyl adjacent to an activating group) is 3. The third-order valence-electron chi connectivity index (χ3n) is 4.90. The molecule has 0 aromatic heterocycles. The van der Waals surface area contributed by atoms with Gasteiger partial charge in [-0.2, -0.15) is 0 Å². The van der Waals surface area contributed by atoms with E-state index in [0.29, 0.717) is 6.04 Å². The Hall–Kier alpha value is -0.160. The van der Waals surface area contributed by atoms with Crippen molar-refractivity contribution in [3.63, 3.8) is 0 Å². The molecule has 4 nitrogen and oxygen atoms in total. The zero-order valence-corrected chi connectivity index (χ0v) is 13.3. The third-order valence-corrected chi connectivity index (χ3v) is 4.90. The number of aliphatic hydroxyl groups excluding tert-OH is 1. The second-order valence-electron chi connectivity index (χ2n) is 6.18. The van der Waals surface area contributed by atoms with Crippen molar-refractivity contribution in [3.8, 4) is 0 Å². The first-order valence-corrected chi connectivity index (χ1v) is 7.75. The van der Waals surface area contributed by atoms with Gasteiger partial charge in [-0.1, -0.05) is 6.92 Å². The molecule has 1 saturated heterocycles. The van der Waals surface area contributed by atoms with Crippen LogP contribution in [0.3, 0.4) is 0 Å². The number of hydrogen-bond acceptors (Lipinski definition) is 4. The van der Waals surface area contributed by atoms with E-state index < -0.39 is 0 Å². The van der Waals surface area contributed by atoms with Gasteiger partial charge in [0.25, 0.3) is 0 Å². The summed E-state index contributed by atoms with van der Waals surface area (Å²) in [7, 11) is 6.42. The fourth-order valence-electron chi connectivity index (χ4n) is 3.10. The lowest BCUT2D eigenvalue weighted by Crippen LogP contribution is -2.48. The van der Waals surface area contributed by atoms with Gasteiger partial charge in [0.1, 0.15) is 0 Å². The van der Waals surface area contributed by atoms with Crippen LogP contribution in [0.1, 0.15) is 39.0 Å². The summed E-state index contributed by atoms with van der Waals surface area (Å²) in [5.74, 6) is 0. The Labute approximate surface area is 119 Å². The van der Waals surface area contributed by atoms with Gasteiger partial charge in [0.05, 0.1) is 6.61 Å². The van der Waals surface area contributed by atoms with Crippen molar-refractivity contribution in [2.24, 2.45) is 0 Å². The van der Waals surface area contributed by atoms with Crippen LogP contribution in [-0.4, -0.2) is 73.9 Å². The van der Waals surface area contributed by atoms with E-state index in [1.165, 1.54) is 25.9 Å². The average Bonchev–Trinajstić information content (AvgIpc) is 2.44. The number of rotatable bonds is 8. The predicted molar refractivity (Wildman–Crippen MR) is 81.6 cm³/mol. The first-order valence-electron chi connectivity index (χ1n) is 7.75. The van der Waals surface area contributed by atoms with Gasteiger partial charge >= 0.3 is 0 Å². The van der Waals surface area contributed by atoms with Gasteiger partial charge in [0.15, 0.2) is 0 Å². The highest BCUT2D eigenvalue weighted by atomic mass is 16.3. The monoisotopic (exact) mass is 271 g/mol. The standard InChI is InChI=1S/C15H33N3O/c1-5-15(13-19,16-2)9-7-11-18(4)14-8-6-10-17(3)12-14/h14,16,19H,5-13H2,1-4H3. The zero-order chi connectivity index (χ0) is 14.3. The molecule has 0 amide bonds. The lowest BCUT2D eigenvalue weighted by molar-refractivity contribution is 0.119. The molecule has 19 heavy (non-hydrogen) atoms. The van der Waals surface area contributed by atoms with Gasteiger partial charge in [0, 0.05) is 18.1 Å². The van der Waals surface area contributed by atoms with Crippen molar-refractivity contribution in [1.82, 2.24) is 15.1 Å². The number of aliphatic hydroxyl groups is 1. The Kier molecular flexibility index (Phi) is 7.29. The first kappa shape index (κ1) is 16.9. The van der Waals surface area contributed by atoms with E-state index in [4.69, 9.17) is 0 Å². The summed E-state index contributed by atoms with van der Waals surface area (Å²) in [5, 5.41) is 12.8. The van der Waals surface area contributed by atoms with Crippen LogP contribution in [0.25, 0.3) is 0 Å². The molecule has 2 N–H and O–H groups in total. The van der Waals surface area contributed by atoms with Crippen molar-refractivity contribution >= 4 is 0 Å². The predicted octanol–water partition coefficient (Wildman–Crippen LogP) is 1.15. The maximum absolute atomic E-state index is 9.54. The van der Waals surface area contributed by atoms with Crippen molar-refractivity contribution in [3.05, 3.63) is 0 Å². The van der Waals surface area contributed by atoms with Gasteiger partial charge in [-0.15, -0.1) is 0 Å². The van der Waals surface area contributed by atoms with Crippen LogP contribution >= 0.6 is 0 Å². The van der Waals surface area contributed by atoms with E-state index in [1.54, 1.807) is 0 Å². The lowest BCUT2D eigenvalue weighted by atomic mass is 9.91. The molecular formula is C15H33N3O. The molecule has 0 spiro atoms. The average molecular weight is 271 g/mol. The molecule has 0 aliphatic carbocycles. The molecule has 1 aliphatic rings. The molecule has 0 saturated carbocycles. The minimum Gasteiger partial charge on any atom is -0.394 e. The van der Waals surface area contributed by atoms with Crippen molar-refractivity contribution in [2.45, 2.75) is 50.6 Å². The molecule has 1 aliphatic heterocycles. The molecule has 0 bridgehead atoms. The SMILES string of the molecule is CCC(CO)(CCCN(C)C1CCCN(C)C1)NC. The Morgan fingerprint density at radius 1 is 1.47 bits per heavy atom. The number of nitrogens with one attached hydrogen (secondary N) is 1. The van der Waals surface area contributed by atoms with Gasteiger partial charge in [-0.05, 0) is 66.3 Å². The second kappa shape index (κ2) is 8.20. The molecule has 0 radical (unpaired) electrons. The van der Waals surface area contributed by atoms with Gasteiger partial charge in [-0.25, -0.2) is 0 Å². The van der Waals surface area contributed by atoms with E-state index in [-0.39, 0.29) is 12.1 Å². The summed E-state index contributed by atoms with van der Waals surface area (Å²) in [6.45, 7) is 5.94. The van der Waals surface area contributed by atoms with E-state index in [0.717, 1.165) is 25.8 Å². The Balaban J connectivity index is 2.31. The highest BCUT2D eigenvalue weighted by Crippen LogP contribution is 2.18. The highest BCUT2D eigenvalue weighted by molar-refractivity contribution is 4.85. The second-order valence-corrected chi connectivity index (χ2v) is 6.18. The van der Waals surface area contributed by atoms with Crippen molar-refractivity contribution in [1.29, 1.82) is 0 Å². The minimum atomic E-state index is -0.0792. The van der Waals surface area contributed by atoms with Crippen molar-refractivity contribution in [2.75, 3.05) is 47.4 Å². The molecule has 114 valence electrons. The fourth-order valence-corrected chi connectivity index (χ4v) is 3.10. The molecule has 2 atom stereocenters. The molecule has 0 aromatic rings. The summed E-state index contributed by atoms with van der Waals surface area (Å²) in [6.07, 6.45) is 5.81. The third kappa shape index (κ3) is 5.03. The fraction of sp³-hybridized carbons (Fsp3) is 1.00. The summed E-state index contributed by atoms with van der Waals surface area (Å²) >= 11 is 0. The summed E-state index contributed by atoms with van der Waals surface area (Å²) in [4.78, 5) is 4.94. The van der Waals surface area contributed by atoms with Crippen LogP contribution in [-0.2, 0) is 0 Å². The van der Waals surface area contributed by atoms with E-state index in [2.05, 4.69) is 36.1 Å². The highest BCUT2D eigenvalue weighted by Gasteiger charge is 2.25. The van der Waals surface area contributed by atoms with E-state index in [9.17, 15) is 5.11 Å². The Bertz CT molecular complexity index is 235. The van der Waals surface area contributed by atoms with Crippen LogP contribution in [0, 0.1) is 0 Å². The Morgan fingerprint density at radius 2 is 2.21 bits per heavy atom. The van der Waals surface area contributed by atoms with E-state index >= 15 is 0 Å². The molecule has 0 aromatic carbocycles. The van der Waals surface area contributed by atoms with Crippen LogP contribution in [0.5, 0.6) is 0 Å². The van der Waals surface area contributed by atoms with Crippen LogP contribution < -0.4 is 5.32 Å². The van der Waals surface area contributed by atoms with Crippen molar-refractivity contribution < 1.29 is 5.11 Å². The molecule has 4 heteroatoms. The zero-order valence-electron chi connectivity index (χ0n) is 13.3. The molecular weight excluding hydrogens is 238 g/mol. The quantitative estimate of drug-likeness (QED) is 0.695. The molecule has 1 fully saturated rings. The smallest absolute Gasteiger partial charge is 0.0613 e. The number of piperidine rings is 1. The number of nitrogens with zero attached hydrogens (tertiary/aromatic N) is 2. The summed E-state index contributed by atoms with van der Waals surface area (Å²) < 4.78 is 0. The maximum Gasteiger partial charge on any atom is 0.0613 e. The normalized spacial score (nSPS) is 24.6. The number of hydrogen-bond donors (Lipinski definition) is 2. The number of likely N-dealkylation sites (tertiary alicyclic amines) is 1. The summed E-state index contributed by atoms with van der Waals surface area (Å²) in [6, 6.07) is 0.707. The first-order chi connectivity index (χ1) is 9.06. The maximum atomic E-state index is 9.54. The van der Waals surface area contributed by atoms with Gasteiger partial charge in [-0.3, -0.25) is 0 Å². The van der Waals surface area contributed by atoms with Gasteiger partial charge < -0.3 is 20.2 Å². The lowest BCUT2D eigenvalue weighted by Gasteiger charge is -2.37. The van der Waals surface area contributed by atoms with Crippen LogP contribution in [0.2, 0.25) is 0 Å². The molecule has 1 heterocycles. The largest absolute Gasteiger partial charge is 0.394 e. The van der Waals surface area contributed by atoms with E-state index in [1.807, 2.05) is 7.05 Å². The summed E-state index contributed by atoms with van der Waals surface area (Å²) in [5.41, 5.74) is -0.0792. The molecule has 1 rings (SSSR count). The molecule has 2 unspecified atom stereocenters. The van der Waals surface area contributed by atoms with Gasteiger partial charge in [0.2, 0.25) is 0 Å². The Morgan fingerprint density at radius 3 is 2.74 bits per heavy atom. The van der Waals surface area contributed by atoms with Crippen LogP contribution in [0.4, 0.5) is 0 Å².